The highest BCUT2D eigenvalue weighted by Gasteiger charge is 2.27. The van der Waals surface area contributed by atoms with Crippen LogP contribution in [0.1, 0.15) is 30.4 Å². The van der Waals surface area contributed by atoms with E-state index in [0.29, 0.717) is 11.1 Å². The van der Waals surface area contributed by atoms with Crippen LogP contribution in [0.3, 0.4) is 0 Å². The number of aromatic amines is 1. The zero-order chi connectivity index (χ0) is 12.4. The Kier molecular flexibility index (Phi) is 3.10. The highest BCUT2D eigenvalue weighted by molar-refractivity contribution is 6.29. The van der Waals surface area contributed by atoms with Crippen LogP contribution in [-0.2, 0) is 6.42 Å². The van der Waals surface area contributed by atoms with Crippen molar-refractivity contribution in [1.82, 2.24) is 25.1 Å². The zero-order valence-electron chi connectivity index (χ0n) is 9.73. The quantitative estimate of drug-likeness (QED) is 0.805. The summed E-state index contributed by atoms with van der Waals surface area (Å²) < 4.78 is 0. The minimum atomic E-state index is 0.495. The molecule has 94 valence electrons. The summed E-state index contributed by atoms with van der Waals surface area (Å²) in [4.78, 5) is 12.8. The standard InChI is InChI=1S/C11H13ClN6/c12-8-5-10(17-11(16-8)7-1-2-7)13-4-3-9-14-6-15-18-9/h5-7H,1-4H2,(H,13,16,17)(H,14,15,18). The van der Waals surface area contributed by atoms with Crippen molar-refractivity contribution in [2.45, 2.75) is 25.2 Å². The number of nitrogens with zero attached hydrogens (tertiary/aromatic N) is 4. The monoisotopic (exact) mass is 264 g/mol. The third-order valence-electron chi connectivity index (χ3n) is 2.79. The Bertz CT molecular complexity index is 522. The molecule has 0 radical (unpaired) electrons. The van der Waals surface area contributed by atoms with Crippen molar-refractivity contribution in [1.29, 1.82) is 0 Å². The Morgan fingerprint density at radius 3 is 3.00 bits per heavy atom. The van der Waals surface area contributed by atoms with Gasteiger partial charge in [0.05, 0.1) is 0 Å². The van der Waals surface area contributed by atoms with Crippen LogP contribution in [0.5, 0.6) is 0 Å². The lowest BCUT2D eigenvalue weighted by atomic mass is 10.3. The summed E-state index contributed by atoms with van der Waals surface area (Å²) in [6.45, 7) is 0.729. The third kappa shape index (κ3) is 2.76. The molecular weight excluding hydrogens is 252 g/mol. The van der Waals surface area contributed by atoms with Crippen molar-refractivity contribution in [3.05, 3.63) is 29.2 Å². The summed E-state index contributed by atoms with van der Waals surface area (Å²) in [6, 6.07) is 1.74. The van der Waals surface area contributed by atoms with E-state index in [1.54, 1.807) is 6.07 Å². The van der Waals surface area contributed by atoms with E-state index in [4.69, 9.17) is 11.6 Å². The van der Waals surface area contributed by atoms with Crippen molar-refractivity contribution in [2.75, 3.05) is 11.9 Å². The summed E-state index contributed by atoms with van der Waals surface area (Å²) in [7, 11) is 0. The van der Waals surface area contributed by atoms with Crippen molar-refractivity contribution in [3.8, 4) is 0 Å². The van der Waals surface area contributed by atoms with E-state index in [9.17, 15) is 0 Å². The summed E-state index contributed by atoms with van der Waals surface area (Å²) in [5, 5.41) is 10.3. The lowest BCUT2D eigenvalue weighted by molar-refractivity contribution is 0.882. The molecule has 18 heavy (non-hydrogen) atoms. The van der Waals surface area contributed by atoms with E-state index in [1.165, 1.54) is 6.33 Å². The van der Waals surface area contributed by atoms with Gasteiger partial charge in [-0.1, -0.05) is 11.6 Å². The number of anilines is 1. The Morgan fingerprint density at radius 2 is 2.28 bits per heavy atom. The van der Waals surface area contributed by atoms with Crippen LogP contribution >= 0.6 is 11.6 Å². The van der Waals surface area contributed by atoms with Gasteiger partial charge in [-0.2, -0.15) is 5.10 Å². The molecule has 0 saturated heterocycles. The van der Waals surface area contributed by atoms with Gasteiger partial charge in [-0.25, -0.2) is 15.0 Å². The minimum absolute atomic E-state index is 0.495. The van der Waals surface area contributed by atoms with Gasteiger partial charge in [0.1, 0.15) is 28.9 Å². The number of H-pyrrole nitrogens is 1. The molecule has 6 nitrogen and oxygen atoms in total. The molecule has 1 aliphatic carbocycles. The molecule has 2 heterocycles. The number of nitrogens with one attached hydrogen (secondary N) is 2. The van der Waals surface area contributed by atoms with Crippen LogP contribution in [0.15, 0.2) is 12.4 Å². The number of aromatic nitrogens is 5. The van der Waals surface area contributed by atoms with Crippen molar-refractivity contribution >= 4 is 17.4 Å². The first-order valence-electron chi connectivity index (χ1n) is 5.94. The number of hydrogen-bond acceptors (Lipinski definition) is 5. The molecule has 0 aliphatic heterocycles. The van der Waals surface area contributed by atoms with Gasteiger partial charge >= 0.3 is 0 Å². The van der Waals surface area contributed by atoms with Crippen LogP contribution in [0.4, 0.5) is 5.82 Å². The second-order valence-corrected chi connectivity index (χ2v) is 4.70. The molecule has 0 amide bonds. The summed E-state index contributed by atoms with van der Waals surface area (Å²) in [5.41, 5.74) is 0. The fourth-order valence-electron chi connectivity index (χ4n) is 1.71. The fourth-order valence-corrected chi connectivity index (χ4v) is 1.90. The molecule has 1 fully saturated rings. The number of halogens is 1. The van der Waals surface area contributed by atoms with Crippen molar-refractivity contribution < 1.29 is 0 Å². The molecule has 1 saturated carbocycles. The Balaban J connectivity index is 1.61. The molecule has 0 atom stereocenters. The predicted octanol–water partition coefficient (Wildman–Crippen LogP) is 1.78. The SMILES string of the molecule is Clc1cc(NCCc2ncn[nH]2)nc(C2CC2)n1. The summed E-state index contributed by atoms with van der Waals surface area (Å²) >= 11 is 5.98. The van der Waals surface area contributed by atoms with Crippen LogP contribution in [0, 0.1) is 0 Å². The van der Waals surface area contributed by atoms with E-state index in [-0.39, 0.29) is 0 Å². The molecule has 0 unspecified atom stereocenters. The van der Waals surface area contributed by atoms with Crippen LogP contribution < -0.4 is 5.32 Å². The smallest absolute Gasteiger partial charge is 0.137 e. The molecule has 2 aromatic heterocycles. The van der Waals surface area contributed by atoms with Gasteiger partial charge < -0.3 is 5.32 Å². The van der Waals surface area contributed by atoms with Crippen LogP contribution in [0.25, 0.3) is 0 Å². The number of rotatable bonds is 5. The highest BCUT2D eigenvalue weighted by Crippen LogP contribution is 2.38. The van der Waals surface area contributed by atoms with Crippen LogP contribution in [-0.4, -0.2) is 31.7 Å². The normalized spacial score (nSPS) is 14.7. The van der Waals surface area contributed by atoms with Gasteiger partial charge in [0, 0.05) is 24.9 Å². The van der Waals surface area contributed by atoms with Gasteiger partial charge in [0.15, 0.2) is 0 Å². The van der Waals surface area contributed by atoms with E-state index < -0.39 is 0 Å². The molecule has 1 aliphatic rings. The molecule has 0 spiro atoms. The first kappa shape index (κ1) is 11.4. The van der Waals surface area contributed by atoms with Gasteiger partial charge in [-0.05, 0) is 12.8 Å². The van der Waals surface area contributed by atoms with Gasteiger partial charge in [-0.15, -0.1) is 0 Å². The Morgan fingerprint density at radius 1 is 1.39 bits per heavy atom. The maximum Gasteiger partial charge on any atom is 0.137 e. The maximum atomic E-state index is 5.98. The second kappa shape index (κ2) is 4.89. The maximum absolute atomic E-state index is 5.98. The van der Waals surface area contributed by atoms with Gasteiger partial charge in [-0.3, -0.25) is 5.10 Å². The highest BCUT2D eigenvalue weighted by atomic mass is 35.5. The summed E-state index contributed by atoms with van der Waals surface area (Å²) in [5.74, 6) is 2.98. The van der Waals surface area contributed by atoms with Crippen LogP contribution in [0.2, 0.25) is 5.15 Å². The Hall–Kier alpha value is -1.69. The number of hydrogen-bond donors (Lipinski definition) is 2. The molecule has 0 bridgehead atoms. The molecule has 7 heteroatoms. The van der Waals surface area contributed by atoms with Gasteiger partial charge in [0.2, 0.25) is 0 Å². The predicted molar refractivity (Wildman–Crippen MR) is 67.6 cm³/mol. The lowest BCUT2D eigenvalue weighted by Crippen LogP contribution is -2.08. The first-order valence-corrected chi connectivity index (χ1v) is 6.31. The minimum Gasteiger partial charge on any atom is -0.369 e. The first-order chi connectivity index (χ1) is 8.81. The van der Waals surface area contributed by atoms with E-state index in [2.05, 4.69) is 30.5 Å². The van der Waals surface area contributed by atoms with E-state index in [0.717, 1.165) is 43.3 Å². The molecule has 2 N–H and O–H groups in total. The van der Waals surface area contributed by atoms with Crippen molar-refractivity contribution in [3.63, 3.8) is 0 Å². The zero-order valence-corrected chi connectivity index (χ0v) is 10.5. The third-order valence-corrected chi connectivity index (χ3v) is 2.98. The Labute approximate surface area is 109 Å². The average molecular weight is 265 g/mol. The fraction of sp³-hybridized carbons (Fsp3) is 0.455. The molecule has 0 aromatic carbocycles. The van der Waals surface area contributed by atoms with E-state index in [1.807, 2.05) is 0 Å². The van der Waals surface area contributed by atoms with Crippen molar-refractivity contribution in [2.24, 2.45) is 0 Å². The summed E-state index contributed by atoms with van der Waals surface area (Å²) in [6.07, 6.45) is 4.60. The topological polar surface area (TPSA) is 79.4 Å². The van der Waals surface area contributed by atoms with E-state index >= 15 is 0 Å². The molecular formula is C11H13ClN6. The van der Waals surface area contributed by atoms with Gasteiger partial charge in [0.25, 0.3) is 0 Å². The molecule has 2 aromatic rings. The second-order valence-electron chi connectivity index (χ2n) is 4.32. The lowest BCUT2D eigenvalue weighted by Gasteiger charge is -2.06. The largest absolute Gasteiger partial charge is 0.369 e. The average Bonchev–Trinajstić information content (AvgIpc) is 3.08. The molecule has 3 rings (SSSR count).